The molecule has 36 heavy (non-hydrogen) atoms. The van der Waals surface area contributed by atoms with Gasteiger partial charge in [-0.3, -0.25) is 9.48 Å². The van der Waals surface area contributed by atoms with Crippen LogP contribution in [0.2, 0.25) is 0 Å². The summed E-state index contributed by atoms with van der Waals surface area (Å²) in [6, 6.07) is 9.77. The lowest BCUT2D eigenvalue weighted by Gasteiger charge is -2.19. The minimum atomic E-state index is -4.67. The number of fused-ring (bicyclic) bond motifs is 1. The predicted octanol–water partition coefficient (Wildman–Crippen LogP) is 5.17. The summed E-state index contributed by atoms with van der Waals surface area (Å²) in [5.41, 5.74) is 1.08. The Kier molecular flexibility index (Phi) is 6.27. The fourth-order valence-corrected chi connectivity index (χ4v) is 3.82. The summed E-state index contributed by atoms with van der Waals surface area (Å²) in [4.78, 5) is 17.4. The van der Waals surface area contributed by atoms with E-state index in [2.05, 4.69) is 20.5 Å². The van der Waals surface area contributed by atoms with E-state index in [0.29, 0.717) is 28.1 Å². The average Bonchev–Trinajstić information content (AvgIpc) is 3.34. The van der Waals surface area contributed by atoms with Crippen LogP contribution < -0.4 is 10.1 Å². The normalized spacial score (nSPS) is 12.2. The van der Waals surface area contributed by atoms with Gasteiger partial charge in [0.05, 0.1) is 36.4 Å². The molecule has 1 amide bonds. The first kappa shape index (κ1) is 25.2. The largest absolute Gasteiger partial charge is 0.497 e. The number of nitrogens with one attached hydrogen (secondary N) is 1. The number of aryl methyl sites for hydroxylation is 1. The van der Waals surface area contributed by atoms with Gasteiger partial charge in [0.1, 0.15) is 11.4 Å². The fraction of sp³-hybridized carbons (Fsp3) is 0.360. The Morgan fingerprint density at radius 1 is 1.08 bits per heavy atom. The molecule has 0 saturated heterocycles. The summed E-state index contributed by atoms with van der Waals surface area (Å²) in [6.45, 7) is 9.30. The Labute approximate surface area is 206 Å². The van der Waals surface area contributed by atoms with Crippen LogP contribution in [0.1, 0.15) is 59.6 Å². The van der Waals surface area contributed by atoms with Crippen molar-refractivity contribution < 1.29 is 22.7 Å². The fourth-order valence-electron chi connectivity index (χ4n) is 3.82. The van der Waals surface area contributed by atoms with Crippen molar-refractivity contribution in [2.45, 2.75) is 52.8 Å². The molecular weight excluding hydrogens is 473 g/mol. The topological polar surface area (TPSA) is 86.3 Å². The van der Waals surface area contributed by atoms with E-state index in [4.69, 9.17) is 4.74 Å². The summed E-state index contributed by atoms with van der Waals surface area (Å²) in [7, 11) is 1.59. The molecule has 4 rings (SSSR count). The summed E-state index contributed by atoms with van der Waals surface area (Å²) in [5, 5.41) is 11.2. The number of carbonyl (C=O) groups excluding carboxylic acids is 1. The number of hydrogen-bond donors (Lipinski definition) is 1. The Balaban J connectivity index is 1.66. The third-order valence-electron chi connectivity index (χ3n) is 5.81. The van der Waals surface area contributed by atoms with Crippen molar-refractivity contribution >= 4 is 17.2 Å². The number of rotatable bonds is 5. The second kappa shape index (κ2) is 8.96. The zero-order valence-electron chi connectivity index (χ0n) is 20.9. The third kappa shape index (κ3) is 4.91. The maximum Gasteiger partial charge on any atom is 0.433 e. The molecule has 0 unspecified atom stereocenters. The number of amides is 1. The number of alkyl halides is 3. The molecule has 190 valence electrons. The highest BCUT2D eigenvalue weighted by molar-refractivity contribution is 6.04. The van der Waals surface area contributed by atoms with Crippen LogP contribution in [0.4, 0.5) is 18.9 Å². The van der Waals surface area contributed by atoms with Crippen molar-refractivity contribution in [1.29, 1.82) is 0 Å². The Morgan fingerprint density at radius 3 is 2.44 bits per heavy atom. The number of benzene rings is 1. The van der Waals surface area contributed by atoms with Gasteiger partial charge in [-0.25, -0.2) is 9.50 Å². The van der Waals surface area contributed by atoms with Gasteiger partial charge in [0.15, 0.2) is 11.3 Å². The smallest absolute Gasteiger partial charge is 0.433 e. The van der Waals surface area contributed by atoms with Crippen molar-refractivity contribution in [2.24, 2.45) is 0 Å². The molecule has 4 aromatic rings. The van der Waals surface area contributed by atoms with E-state index in [1.807, 2.05) is 24.3 Å². The zero-order valence-corrected chi connectivity index (χ0v) is 20.9. The minimum Gasteiger partial charge on any atom is -0.497 e. The lowest BCUT2D eigenvalue weighted by Crippen LogP contribution is -2.20. The number of methoxy groups -OCH3 is 1. The van der Waals surface area contributed by atoms with Gasteiger partial charge in [-0.1, -0.05) is 32.9 Å². The van der Waals surface area contributed by atoms with E-state index in [9.17, 15) is 18.0 Å². The molecule has 11 heteroatoms. The maximum absolute atomic E-state index is 13.8. The maximum atomic E-state index is 13.8. The molecule has 0 bridgehead atoms. The van der Waals surface area contributed by atoms with Gasteiger partial charge >= 0.3 is 6.18 Å². The third-order valence-corrected chi connectivity index (χ3v) is 5.81. The van der Waals surface area contributed by atoms with Crippen LogP contribution in [0.15, 0.2) is 36.4 Å². The zero-order chi connectivity index (χ0) is 26.4. The molecule has 3 aromatic heterocycles. The molecule has 8 nitrogen and oxygen atoms in total. The Bertz CT molecular complexity index is 1450. The van der Waals surface area contributed by atoms with Crippen LogP contribution in [0.25, 0.3) is 5.65 Å². The minimum absolute atomic E-state index is 0.0536. The SMILES string of the molecule is COc1cccc(Cn2nc(C)c(NC(=O)c3cc4nc(C(C)(C)C)cc(C(F)(F)F)n4n3)c2C)c1. The first-order valence-corrected chi connectivity index (χ1v) is 11.2. The number of carbonyl (C=O) groups is 1. The van der Waals surface area contributed by atoms with Crippen LogP contribution in [0.5, 0.6) is 5.75 Å². The van der Waals surface area contributed by atoms with Crippen LogP contribution in [-0.2, 0) is 18.1 Å². The van der Waals surface area contributed by atoms with Crippen molar-refractivity contribution in [3.63, 3.8) is 0 Å². The average molecular weight is 501 g/mol. The van der Waals surface area contributed by atoms with Crippen molar-refractivity contribution in [3.8, 4) is 5.75 Å². The summed E-state index contributed by atoms with van der Waals surface area (Å²) in [5.74, 6) is 0.0638. The van der Waals surface area contributed by atoms with Gasteiger partial charge in [0.25, 0.3) is 5.91 Å². The highest BCUT2D eigenvalue weighted by atomic mass is 19.4. The molecule has 0 aliphatic carbocycles. The van der Waals surface area contributed by atoms with E-state index in [1.165, 1.54) is 6.07 Å². The van der Waals surface area contributed by atoms with Crippen LogP contribution in [0, 0.1) is 13.8 Å². The van der Waals surface area contributed by atoms with Crippen molar-refractivity contribution in [1.82, 2.24) is 24.4 Å². The highest BCUT2D eigenvalue weighted by Gasteiger charge is 2.36. The summed E-state index contributed by atoms with van der Waals surface area (Å²) in [6.07, 6.45) is -4.67. The number of anilines is 1. The van der Waals surface area contributed by atoms with Gasteiger partial charge in [0, 0.05) is 11.5 Å². The first-order chi connectivity index (χ1) is 16.8. The van der Waals surface area contributed by atoms with E-state index in [1.54, 1.807) is 46.4 Å². The van der Waals surface area contributed by atoms with E-state index in [-0.39, 0.29) is 17.0 Å². The lowest BCUT2D eigenvalue weighted by atomic mass is 9.91. The van der Waals surface area contributed by atoms with Gasteiger partial charge in [-0.2, -0.15) is 23.4 Å². The number of ether oxygens (including phenoxy) is 1. The molecule has 3 heterocycles. The first-order valence-electron chi connectivity index (χ1n) is 11.2. The van der Waals surface area contributed by atoms with E-state index < -0.39 is 23.2 Å². The molecule has 0 radical (unpaired) electrons. The van der Waals surface area contributed by atoms with Crippen molar-refractivity contribution in [2.75, 3.05) is 12.4 Å². The van der Waals surface area contributed by atoms with Crippen LogP contribution >= 0.6 is 0 Å². The molecule has 0 aliphatic heterocycles. The van der Waals surface area contributed by atoms with Crippen molar-refractivity contribution in [3.05, 3.63) is 70.4 Å². The number of nitrogens with zero attached hydrogens (tertiary/aromatic N) is 5. The van der Waals surface area contributed by atoms with Gasteiger partial charge in [-0.15, -0.1) is 0 Å². The second-order valence-corrected chi connectivity index (χ2v) is 9.58. The molecule has 1 N–H and O–H groups in total. The molecule has 0 fully saturated rings. The van der Waals surface area contributed by atoms with Gasteiger partial charge < -0.3 is 10.1 Å². The molecule has 0 saturated carbocycles. The monoisotopic (exact) mass is 500 g/mol. The number of hydrogen-bond acceptors (Lipinski definition) is 5. The summed E-state index contributed by atoms with van der Waals surface area (Å²) >= 11 is 0. The molecular formula is C25H27F3N6O2. The standard InChI is InChI=1S/C25H27F3N6O2/c1-14-22(15(2)33(31-14)13-16-8-7-9-17(10-16)36-6)30-23(35)18-11-21-29-19(24(3,4)5)12-20(25(26,27)28)34(21)32-18/h7-12H,13H2,1-6H3,(H,30,35). The quantitative estimate of drug-likeness (QED) is 0.409. The van der Waals surface area contributed by atoms with Crippen LogP contribution in [0.3, 0.4) is 0 Å². The van der Waals surface area contributed by atoms with Gasteiger partial charge in [0.2, 0.25) is 0 Å². The second-order valence-electron chi connectivity index (χ2n) is 9.58. The number of aromatic nitrogens is 5. The van der Waals surface area contributed by atoms with E-state index >= 15 is 0 Å². The molecule has 0 atom stereocenters. The summed E-state index contributed by atoms with van der Waals surface area (Å²) < 4.78 is 49.0. The van der Waals surface area contributed by atoms with Gasteiger partial charge in [-0.05, 0) is 37.6 Å². The number of halogens is 3. The lowest BCUT2D eigenvalue weighted by molar-refractivity contribution is -0.142. The van der Waals surface area contributed by atoms with Crippen LogP contribution in [-0.4, -0.2) is 37.4 Å². The molecule has 0 aliphatic rings. The molecule has 0 spiro atoms. The Morgan fingerprint density at radius 2 is 1.81 bits per heavy atom. The Hall–Kier alpha value is -3.89. The van der Waals surface area contributed by atoms with E-state index in [0.717, 1.165) is 17.4 Å². The molecule has 1 aromatic carbocycles. The predicted molar refractivity (Wildman–Crippen MR) is 128 cm³/mol. The highest BCUT2D eigenvalue weighted by Crippen LogP contribution is 2.33.